The van der Waals surface area contributed by atoms with Crippen LogP contribution in [-0.4, -0.2) is 47.3 Å². The van der Waals surface area contributed by atoms with E-state index in [9.17, 15) is 4.79 Å². The van der Waals surface area contributed by atoms with E-state index in [4.69, 9.17) is 9.94 Å². The molecule has 6 nitrogen and oxygen atoms in total. The van der Waals surface area contributed by atoms with E-state index in [1.807, 2.05) is 24.3 Å². The molecule has 1 saturated heterocycles. The van der Waals surface area contributed by atoms with Crippen LogP contribution >= 0.6 is 0 Å². The standard InChI is InChI=1S/C27H25N3O3/c31-27(29-32)26-17-24(23-3-1-2-4-25(23)28-26)22-11-9-21(10-12-22)20-7-5-19(6-8-20)18-30-13-15-33-16-14-30/h1-12,17,32H,13-16,18H2,(H,29,31). The van der Waals surface area contributed by atoms with Crippen molar-refractivity contribution in [1.82, 2.24) is 15.4 Å². The molecule has 1 fully saturated rings. The van der Waals surface area contributed by atoms with Gasteiger partial charge in [0, 0.05) is 25.0 Å². The van der Waals surface area contributed by atoms with Crippen molar-refractivity contribution in [2.24, 2.45) is 0 Å². The number of carbonyl (C=O) groups excluding carboxylic acids is 1. The van der Waals surface area contributed by atoms with Crippen LogP contribution in [0.5, 0.6) is 0 Å². The Morgan fingerprint density at radius 2 is 1.55 bits per heavy atom. The Balaban J connectivity index is 1.41. The van der Waals surface area contributed by atoms with Crippen LogP contribution in [-0.2, 0) is 11.3 Å². The summed E-state index contributed by atoms with van der Waals surface area (Å²) in [6, 6.07) is 26.4. The van der Waals surface area contributed by atoms with E-state index in [-0.39, 0.29) is 5.69 Å². The summed E-state index contributed by atoms with van der Waals surface area (Å²) in [4.78, 5) is 18.8. The van der Waals surface area contributed by atoms with Crippen LogP contribution in [0.2, 0.25) is 0 Å². The zero-order chi connectivity index (χ0) is 22.6. The minimum Gasteiger partial charge on any atom is -0.379 e. The molecule has 4 aromatic rings. The smallest absolute Gasteiger partial charge is 0.293 e. The number of carbonyl (C=O) groups is 1. The number of amides is 1. The molecule has 3 aromatic carbocycles. The summed E-state index contributed by atoms with van der Waals surface area (Å²) in [6.07, 6.45) is 0. The van der Waals surface area contributed by atoms with E-state index in [2.05, 4.69) is 58.4 Å². The van der Waals surface area contributed by atoms with Gasteiger partial charge in [-0.05, 0) is 39.9 Å². The number of benzene rings is 3. The van der Waals surface area contributed by atoms with Crippen molar-refractivity contribution >= 4 is 16.8 Å². The Bertz CT molecular complexity index is 1260. The summed E-state index contributed by atoms with van der Waals surface area (Å²) in [6.45, 7) is 4.53. The summed E-state index contributed by atoms with van der Waals surface area (Å²) >= 11 is 0. The van der Waals surface area contributed by atoms with Crippen LogP contribution in [0.15, 0.2) is 78.9 Å². The van der Waals surface area contributed by atoms with Gasteiger partial charge in [-0.1, -0.05) is 66.7 Å². The van der Waals surface area contributed by atoms with Crippen molar-refractivity contribution in [2.75, 3.05) is 26.3 Å². The fraction of sp³-hybridized carbons (Fsp3) is 0.185. The molecular formula is C27H25N3O3. The first kappa shape index (κ1) is 21.3. The summed E-state index contributed by atoms with van der Waals surface area (Å²) in [7, 11) is 0. The van der Waals surface area contributed by atoms with E-state index in [1.165, 1.54) is 5.56 Å². The first-order valence-electron chi connectivity index (χ1n) is 11.1. The maximum atomic E-state index is 12.0. The second-order valence-corrected chi connectivity index (χ2v) is 8.18. The van der Waals surface area contributed by atoms with Crippen LogP contribution < -0.4 is 5.48 Å². The molecule has 33 heavy (non-hydrogen) atoms. The second kappa shape index (κ2) is 9.50. The lowest BCUT2D eigenvalue weighted by atomic mass is 9.97. The van der Waals surface area contributed by atoms with Gasteiger partial charge in [0.25, 0.3) is 5.91 Å². The molecule has 1 aliphatic heterocycles. The van der Waals surface area contributed by atoms with Crippen LogP contribution in [0.25, 0.3) is 33.2 Å². The molecule has 5 rings (SSSR count). The minimum atomic E-state index is -0.629. The van der Waals surface area contributed by atoms with Crippen LogP contribution in [0.1, 0.15) is 16.1 Å². The fourth-order valence-corrected chi connectivity index (χ4v) is 4.25. The third-order valence-corrected chi connectivity index (χ3v) is 6.04. The number of pyridine rings is 1. The zero-order valence-corrected chi connectivity index (χ0v) is 18.2. The number of nitrogens with zero attached hydrogens (tertiary/aromatic N) is 2. The van der Waals surface area contributed by atoms with Gasteiger partial charge in [0.15, 0.2) is 0 Å². The Morgan fingerprint density at radius 3 is 2.24 bits per heavy atom. The Hall–Kier alpha value is -3.58. The van der Waals surface area contributed by atoms with Crippen molar-refractivity contribution < 1.29 is 14.7 Å². The van der Waals surface area contributed by atoms with Crippen LogP contribution in [0, 0.1) is 0 Å². The van der Waals surface area contributed by atoms with Gasteiger partial charge in [0.2, 0.25) is 0 Å². The lowest BCUT2D eigenvalue weighted by Crippen LogP contribution is -2.35. The average molecular weight is 440 g/mol. The van der Waals surface area contributed by atoms with Gasteiger partial charge in [-0.2, -0.15) is 0 Å². The third kappa shape index (κ3) is 4.64. The van der Waals surface area contributed by atoms with Crippen LogP contribution in [0.4, 0.5) is 0 Å². The number of nitrogens with one attached hydrogen (secondary N) is 1. The number of para-hydroxylation sites is 1. The molecule has 0 unspecified atom stereocenters. The Labute approximate surface area is 192 Å². The first-order valence-corrected chi connectivity index (χ1v) is 11.1. The topological polar surface area (TPSA) is 74.7 Å². The normalized spacial score (nSPS) is 14.3. The van der Waals surface area contributed by atoms with Crippen molar-refractivity contribution in [3.05, 3.63) is 90.1 Å². The molecule has 1 amide bonds. The number of hydrogen-bond acceptors (Lipinski definition) is 5. The highest BCUT2D eigenvalue weighted by molar-refractivity contribution is 6.01. The minimum absolute atomic E-state index is 0.172. The summed E-state index contributed by atoms with van der Waals surface area (Å²) < 4.78 is 5.43. The molecule has 0 radical (unpaired) electrons. The van der Waals surface area contributed by atoms with Crippen molar-refractivity contribution in [3.8, 4) is 22.3 Å². The highest BCUT2D eigenvalue weighted by Gasteiger charge is 2.13. The lowest BCUT2D eigenvalue weighted by molar-refractivity contribution is 0.0342. The quantitative estimate of drug-likeness (QED) is 0.353. The fourth-order valence-electron chi connectivity index (χ4n) is 4.25. The second-order valence-electron chi connectivity index (χ2n) is 8.18. The average Bonchev–Trinajstić information content (AvgIpc) is 2.89. The molecule has 0 aliphatic carbocycles. The molecule has 2 N–H and O–H groups in total. The van der Waals surface area contributed by atoms with Gasteiger partial charge in [0.1, 0.15) is 5.69 Å². The van der Waals surface area contributed by atoms with Gasteiger partial charge < -0.3 is 4.74 Å². The zero-order valence-electron chi connectivity index (χ0n) is 18.2. The van der Waals surface area contributed by atoms with Gasteiger partial charge in [-0.15, -0.1) is 0 Å². The number of ether oxygens (including phenoxy) is 1. The van der Waals surface area contributed by atoms with Gasteiger partial charge in [-0.3, -0.25) is 14.9 Å². The highest BCUT2D eigenvalue weighted by Crippen LogP contribution is 2.31. The van der Waals surface area contributed by atoms with Crippen molar-refractivity contribution in [3.63, 3.8) is 0 Å². The molecule has 6 heteroatoms. The van der Waals surface area contributed by atoms with E-state index >= 15 is 0 Å². The summed E-state index contributed by atoms with van der Waals surface area (Å²) in [5.41, 5.74) is 8.01. The molecule has 0 spiro atoms. The van der Waals surface area contributed by atoms with Gasteiger partial charge in [0.05, 0.1) is 18.7 Å². The predicted octanol–water partition coefficient (Wildman–Crippen LogP) is 4.52. The van der Waals surface area contributed by atoms with Crippen molar-refractivity contribution in [1.29, 1.82) is 0 Å². The van der Waals surface area contributed by atoms with E-state index < -0.39 is 5.91 Å². The number of fused-ring (bicyclic) bond motifs is 1. The molecule has 1 aromatic heterocycles. The monoisotopic (exact) mass is 439 g/mol. The maximum Gasteiger partial charge on any atom is 0.293 e. The van der Waals surface area contributed by atoms with E-state index in [0.29, 0.717) is 5.52 Å². The van der Waals surface area contributed by atoms with Gasteiger partial charge in [-0.25, -0.2) is 10.5 Å². The van der Waals surface area contributed by atoms with E-state index in [0.717, 1.165) is 60.5 Å². The largest absolute Gasteiger partial charge is 0.379 e. The summed E-state index contributed by atoms with van der Waals surface area (Å²) in [5.74, 6) is -0.629. The molecule has 0 saturated carbocycles. The number of aromatic nitrogens is 1. The Kier molecular flexibility index (Phi) is 6.13. The summed E-state index contributed by atoms with van der Waals surface area (Å²) in [5, 5.41) is 10.00. The molecule has 2 heterocycles. The molecular weight excluding hydrogens is 414 g/mol. The number of hydrogen-bond donors (Lipinski definition) is 2. The van der Waals surface area contributed by atoms with Crippen molar-refractivity contribution in [2.45, 2.75) is 6.54 Å². The predicted molar refractivity (Wildman–Crippen MR) is 128 cm³/mol. The maximum absolute atomic E-state index is 12.0. The van der Waals surface area contributed by atoms with Gasteiger partial charge >= 0.3 is 0 Å². The van der Waals surface area contributed by atoms with E-state index in [1.54, 1.807) is 11.5 Å². The third-order valence-electron chi connectivity index (χ3n) is 6.04. The lowest BCUT2D eigenvalue weighted by Gasteiger charge is -2.26. The highest BCUT2D eigenvalue weighted by atomic mass is 16.5. The molecule has 166 valence electrons. The number of morpholine rings is 1. The van der Waals surface area contributed by atoms with Crippen LogP contribution in [0.3, 0.4) is 0 Å². The Morgan fingerprint density at radius 1 is 0.909 bits per heavy atom. The molecule has 1 aliphatic rings. The SMILES string of the molecule is O=C(NO)c1cc(-c2ccc(-c3ccc(CN4CCOCC4)cc3)cc2)c2ccccc2n1. The number of rotatable bonds is 5. The molecule has 0 atom stereocenters. The number of hydroxylamine groups is 1. The first-order chi connectivity index (χ1) is 16.2. The molecule has 0 bridgehead atoms.